The van der Waals surface area contributed by atoms with Crippen LogP contribution in [0, 0.1) is 5.92 Å². The molecule has 3 aliphatic rings. The van der Waals surface area contributed by atoms with Gasteiger partial charge >= 0.3 is 0 Å². The predicted octanol–water partition coefficient (Wildman–Crippen LogP) is 4.66. The number of piperidine rings is 1. The summed E-state index contributed by atoms with van der Waals surface area (Å²) in [5, 5.41) is 0. The van der Waals surface area contributed by atoms with Crippen molar-refractivity contribution < 1.29 is 9.59 Å². The third-order valence-electron chi connectivity index (χ3n) is 7.98. The Morgan fingerprint density at radius 2 is 1.34 bits per heavy atom. The summed E-state index contributed by atoms with van der Waals surface area (Å²) in [4.78, 5) is 32.2. The highest BCUT2D eigenvalue weighted by Gasteiger charge is 2.30. The topological polar surface area (TPSA) is 43.9 Å². The Bertz CT molecular complexity index is 989. The highest BCUT2D eigenvalue weighted by atomic mass is 16.2. The van der Waals surface area contributed by atoms with Gasteiger partial charge in [-0.2, -0.15) is 0 Å². The van der Waals surface area contributed by atoms with Gasteiger partial charge in [0.05, 0.1) is 6.04 Å². The van der Waals surface area contributed by atoms with Crippen molar-refractivity contribution in [2.45, 2.75) is 44.6 Å². The first-order valence-electron chi connectivity index (χ1n) is 13.3. The van der Waals surface area contributed by atoms with E-state index < -0.39 is 0 Å². The van der Waals surface area contributed by atoms with Gasteiger partial charge in [0.15, 0.2) is 0 Å². The summed E-state index contributed by atoms with van der Waals surface area (Å²) < 4.78 is 0. The second-order valence-corrected chi connectivity index (χ2v) is 10.2. The zero-order chi connectivity index (χ0) is 24.0. The fourth-order valence-electron chi connectivity index (χ4n) is 6.00. The Balaban J connectivity index is 1.14. The lowest BCUT2D eigenvalue weighted by atomic mass is 9.82. The van der Waals surface area contributed by atoms with Crippen molar-refractivity contribution in [3.05, 3.63) is 83.4 Å². The zero-order valence-corrected chi connectivity index (χ0v) is 20.6. The number of benzene rings is 2. The molecule has 2 heterocycles. The van der Waals surface area contributed by atoms with Crippen LogP contribution in [-0.2, 0) is 9.59 Å². The van der Waals surface area contributed by atoms with Crippen molar-refractivity contribution in [2.75, 3.05) is 39.3 Å². The number of hydrogen-bond donors (Lipinski definition) is 0. The molecule has 2 aromatic carbocycles. The van der Waals surface area contributed by atoms with Crippen LogP contribution in [0.1, 0.15) is 55.7 Å². The van der Waals surface area contributed by atoms with Crippen LogP contribution < -0.4 is 0 Å². The van der Waals surface area contributed by atoms with Gasteiger partial charge in [0.25, 0.3) is 0 Å². The Kier molecular flexibility index (Phi) is 7.63. The molecule has 2 amide bonds. The SMILES string of the molecule is O=C(CCC(=O)N1CCC2CCCC=C2C1)N1CCN(C(c2ccccc2)c2ccccc2)CC1. The van der Waals surface area contributed by atoms with Gasteiger partial charge in [-0.1, -0.05) is 72.3 Å². The Labute approximate surface area is 209 Å². The molecule has 2 saturated heterocycles. The smallest absolute Gasteiger partial charge is 0.223 e. The van der Waals surface area contributed by atoms with Crippen molar-refractivity contribution >= 4 is 11.8 Å². The molecule has 0 N–H and O–H groups in total. The Hall–Kier alpha value is -2.92. The summed E-state index contributed by atoms with van der Waals surface area (Å²) >= 11 is 0. The first kappa shape index (κ1) is 23.8. The van der Waals surface area contributed by atoms with Crippen LogP contribution >= 0.6 is 0 Å². The van der Waals surface area contributed by atoms with Crippen LogP contribution in [0.5, 0.6) is 0 Å². The van der Waals surface area contributed by atoms with Crippen LogP contribution in [0.4, 0.5) is 0 Å². The van der Waals surface area contributed by atoms with Crippen molar-refractivity contribution in [1.29, 1.82) is 0 Å². The summed E-state index contributed by atoms with van der Waals surface area (Å²) in [7, 11) is 0. The van der Waals surface area contributed by atoms with Crippen LogP contribution in [0.3, 0.4) is 0 Å². The molecule has 5 rings (SSSR count). The van der Waals surface area contributed by atoms with Gasteiger partial charge < -0.3 is 9.80 Å². The molecule has 1 unspecified atom stereocenters. The fourth-order valence-corrected chi connectivity index (χ4v) is 6.00. The molecule has 0 radical (unpaired) electrons. The second-order valence-electron chi connectivity index (χ2n) is 10.2. The van der Waals surface area contributed by atoms with E-state index in [1.54, 1.807) is 0 Å². The maximum Gasteiger partial charge on any atom is 0.223 e. The molecule has 5 nitrogen and oxygen atoms in total. The molecule has 0 spiro atoms. The predicted molar refractivity (Wildman–Crippen MR) is 139 cm³/mol. The Morgan fingerprint density at radius 3 is 1.97 bits per heavy atom. The molecule has 2 aliphatic heterocycles. The lowest BCUT2D eigenvalue weighted by Crippen LogP contribution is -2.50. The molecule has 0 bridgehead atoms. The maximum absolute atomic E-state index is 13.0. The first-order valence-corrected chi connectivity index (χ1v) is 13.3. The minimum atomic E-state index is 0.112. The highest BCUT2D eigenvalue weighted by Crippen LogP contribution is 2.32. The third-order valence-corrected chi connectivity index (χ3v) is 7.98. The van der Waals surface area contributed by atoms with Crippen molar-refractivity contribution in [3.63, 3.8) is 0 Å². The van der Waals surface area contributed by atoms with Crippen LogP contribution in [0.15, 0.2) is 72.3 Å². The minimum Gasteiger partial charge on any atom is -0.340 e. The number of carbonyl (C=O) groups is 2. The van der Waals surface area contributed by atoms with E-state index in [1.807, 2.05) is 9.80 Å². The lowest BCUT2D eigenvalue weighted by molar-refractivity contribution is -0.138. The van der Waals surface area contributed by atoms with Gasteiger partial charge in [0.1, 0.15) is 0 Å². The molecule has 184 valence electrons. The van der Waals surface area contributed by atoms with E-state index in [0.717, 1.165) is 39.0 Å². The maximum atomic E-state index is 13.0. The van der Waals surface area contributed by atoms with Crippen molar-refractivity contribution in [1.82, 2.24) is 14.7 Å². The highest BCUT2D eigenvalue weighted by molar-refractivity contribution is 5.84. The molecular weight excluding hydrogens is 434 g/mol. The standard InChI is InChI=1S/C30H37N3O2/c34-28(15-16-29(35)33-18-17-24-9-7-8-14-27(24)23-33)31-19-21-32(22-20-31)30(25-10-3-1-4-11-25)26-12-5-2-6-13-26/h1-6,10-14,24,30H,7-9,15-23H2. The minimum absolute atomic E-state index is 0.112. The monoisotopic (exact) mass is 471 g/mol. The number of amides is 2. The summed E-state index contributed by atoms with van der Waals surface area (Å²) in [5.41, 5.74) is 4.01. The van der Waals surface area contributed by atoms with E-state index in [2.05, 4.69) is 71.6 Å². The van der Waals surface area contributed by atoms with E-state index in [-0.39, 0.29) is 17.9 Å². The molecule has 5 heteroatoms. The van der Waals surface area contributed by atoms with Gasteiger partial charge in [-0.25, -0.2) is 0 Å². The summed E-state index contributed by atoms with van der Waals surface area (Å²) in [6, 6.07) is 21.4. The van der Waals surface area contributed by atoms with E-state index in [1.165, 1.54) is 29.5 Å². The molecule has 1 aliphatic carbocycles. The van der Waals surface area contributed by atoms with Crippen LogP contribution in [0.2, 0.25) is 0 Å². The van der Waals surface area contributed by atoms with E-state index in [4.69, 9.17) is 0 Å². The summed E-state index contributed by atoms with van der Waals surface area (Å²) in [6.07, 6.45) is 7.77. The molecule has 2 aromatic rings. The van der Waals surface area contributed by atoms with Gasteiger partial charge in [0.2, 0.25) is 11.8 Å². The van der Waals surface area contributed by atoms with E-state index in [0.29, 0.717) is 31.8 Å². The number of fused-ring (bicyclic) bond motifs is 1. The number of likely N-dealkylation sites (tertiary alicyclic amines) is 1. The zero-order valence-electron chi connectivity index (χ0n) is 20.6. The van der Waals surface area contributed by atoms with Gasteiger partial charge in [0, 0.05) is 52.1 Å². The number of rotatable bonds is 6. The van der Waals surface area contributed by atoms with E-state index in [9.17, 15) is 9.59 Å². The van der Waals surface area contributed by atoms with Crippen molar-refractivity contribution in [3.8, 4) is 0 Å². The van der Waals surface area contributed by atoms with Crippen molar-refractivity contribution in [2.24, 2.45) is 5.92 Å². The number of piperazine rings is 1. The number of nitrogens with zero attached hydrogens (tertiary/aromatic N) is 3. The normalized spacial score (nSPS) is 20.9. The lowest BCUT2D eigenvalue weighted by Gasteiger charge is -2.40. The summed E-state index contributed by atoms with van der Waals surface area (Å²) in [6.45, 7) is 4.69. The molecular formula is C30H37N3O2. The fraction of sp³-hybridized carbons (Fsp3) is 0.467. The summed E-state index contributed by atoms with van der Waals surface area (Å²) in [5.74, 6) is 0.928. The largest absolute Gasteiger partial charge is 0.340 e. The number of allylic oxidation sites excluding steroid dienone is 1. The molecule has 35 heavy (non-hydrogen) atoms. The molecule has 2 fully saturated rings. The van der Waals surface area contributed by atoms with Gasteiger partial charge in [-0.15, -0.1) is 0 Å². The quantitative estimate of drug-likeness (QED) is 0.576. The van der Waals surface area contributed by atoms with Gasteiger partial charge in [-0.05, 0) is 42.7 Å². The van der Waals surface area contributed by atoms with E-state index >= 15 is 0 Å². The molecule has 1 atom stereocenters. The average molecular weight is 472 g/mol. The Morgan fingerprint density at radius 1 is 0.743 bits per heavy atom. The molecule has 0 saturated carbocycles. The van der Waals surface area contributed by atoms with Crippen LogP contribution in [0.25, 0.3) is 0 Å². The molecule has 0 aromatic heterocycles. The average Bonchev–Trinajstić information content (AvgIpc) is 2.93. The van der Waals surface area contributed by atoms with Crippen LogP contribution in [-0.4, -0.2) is 65.8 Å². The van der Waals surface area contributed by atoms with Gasteiger partial charge in [-0.3, -0.25) is 14.5 Å². The third kappa shape index (κ3) is 5.67. The second kappa shape index (κ2) is 11.2. The number of hydrogen-bond acceptors (Lipinski definition) is 3. The number of carbonyl (C=O) groups excluding carboxylic acids is 2. The first-order chi connectivity index (χ1) is 17.2.